The third-order valence-electron chi connectivity index (χ3n) is 6.08. The molecule has 2 aromatic rings. The molecule has 0 unspecified atom stereocenters. The van der Waals surface area contributed by atoms with E-state index in [-0.39, 0.29) is 29.0 Å². The van der Waals surface area contributed by atoms with Gasteiger partial charge in [0, 0.05) is 0 Å². The number of rotatable bonds is 5. The number of benzene rings is 1. The fraction of sp³-hybridized carbons (Fsp3) is 0.381. The van der Waals surface area contributed by atoms with Gasteiger partial charge in [0.05, 0.1) is 23.1 Å². The number of nitrogens with one attached hydrogen (secondary N) is 2. The highest BCUT2D eigenvalue weighted by atomic mass is 32.1. The number of carbonyl (C=O) groups is 3. The van der Waals surface area contributed by atoms with Crippen molar-refractivity contribution in [3.63, 3.8) is 0 Å². The normalized spacial score (nSPS) is 25.4. The lowest BCUT2D eigenvalue weighted by atomic mass is 9.58. The molecule has 3 saturated carbocycles. The van der Waals surface area contributed by atoms with Gasteiger partial charge in [-0.1, -0.05) is 12.1 Å². The Bertz CT molecular complexity index is 952. The van der Waals surface area contributed by atoms with E-state index in [1.807, 2.05) is 0 Å². The molecular formula is C21H21FN2O4S. The number of hydrogen-bond acceptors (Lipinski definition) is 4. The maximum absolute atomic E-state index is 13.8. The maximum Gasteiger partial charge on any atom is 0.307 e. The van der Waals surface area contributed by atoms with Crippen LogP contribution in [-0.4, -0.2) is 22.9 Å². The molecule has 0 spiro atoms. The average molecular weight is 416 g/mol. The first-order valence-corrected chi connectivity index (χ1v) is 10.5. The Hall–Kier alpha value is -2.74. The quantitative estimate of drug-likeness (QED) is 0.680. The molecule has 3 aliphatic rings. The van der Waals surface area contributed by atoms with Gasteiger partial charge in [0.1, 0.15) is 10.8 Å². The van der Waals surface area contributed by atoms with Gasteiger partial charge in [0.2, 0.25) is 5.91 Å². The number of aliphatic carboxylic acids is 1. The summed E-state index contributed by atoms with van der Waals surface area (Å²) in [6.45, 7) is 0. The summed E-state index contributed by atoms with van der Waals surface area (Å²) in [7, 11) is 0. The Morgan fingerprint density at radius 2 is 1.62 bits per heavy atom. The summed E-state index contributed by atoms with van der Waals surface area (Å²) >= 11 is 1.18. The highest BCUT2D eigenvalue weighted by Crippen LogP contribution is 2.49. The third-order valence-corrected chi connectivity index (χ3v) is 6.91. The Morgan fingerprint density at radius 3 is 2.28 bits per heavy atom. The number of fused-ring (bicyclic) bond motifs is 3. The van der Waals surface area contributed by atoms with E-state index in [0.29, 0.717) is 5.00 Å². The van der Waals surface area contributed by atoms with E-state index in [2.05, 4.69) is 10.6 Å². The van der Waals surface area contributed by atoms with Crippen LogP contribution in [0.4, 0.5) is 15.1 Å². The molecule has 6 nitrogen and oxygen atoms in total. The van der Waals surface area contributed by atoms with Crippen LogP contribution in [0, 0.1) is 29.5 Å². The lowest BCUT2D eigenvalue weighted by Crippen LogP contribution is -2.49. The topological polar surface area (TPSA) is 95.5 Å². The zero-order chi connectivity index (χ0) is 20.5. The van der Waals surface area contributed by atoms with Gasteiger partial charge < -0.3 is 15.7 Å². The van der Waals surface area contributed by atoms with Crippen molar-refractivity contribution in [2.45, 2.75) is 25.7 Å². The molecule has 1 heterocycles. The number of amides is 2. The Kier molecular flexibility index (Phi) is 5.36. The molecule has 0 aliphatic heterocycles. The molecule has 1 aromatic heterocycles. The van der Waals surface area contributed by atoms with Gasteiger partial charge in [-0.3, -0.25) is 14.4 Å². The van der Waals surface area contributed by atoms with Gasteiger partial charge in [-0.15, -0.1) is 11.3 Å². The van der Waals surface area contributed by atoms with Crippen molar-refractivity contribution in [1.82, 2.24) is 0 Å². The van der Waals surface area contributed by atoms with Gasteiger partial charge >= 0.3 is 5.97 Å². The van der Waals surface area contributed by atoms with E-state index in [1.165, 1.54) is 29.5 Å². The summed E-state index contributed by atoms with van der Waals surface area (Å²) < 4.78 is 13.8. The van der Waals surface area contributed by atoms with Crippen LogP contribution in [0.2, 0.25) is 0 Å². The van der Waals surface area contributed by atoms with Gasteiger partial charge in [-0.25, -0.2) is 4.39 Å². The number of carboxylic acids is 1. The van der Waals surface area contributed by atoms with Crippen LogP contribution >= 0.6 is 11.3 Å². The van der Waals surface area contributed by atoms with E-state index < -0.39 is 29.5 Å². The predicted molar refractivity (Wildman–Crippen MR) is 107 cm³/mol. The molecular weight excluding hydrogens is 395 g/mol. The lowest BCUT2D eigenvalue weighted by molar-refractivity contribution is -0.156. The van der Waals surface area contributed by atoms with Crippen LogP contribution in [-0.2, 0) is 9.59 Å². The summed E-state index contributed by atoms with van der Waals surface area (Å²) in [5.41, 5.74) is 0.274. The summed E-state index contributed by atoms with van der Waals surface area (Å²) in [6, 6.07) is 7.39. The standard InChI is InChI=1S/C21H21FN2O4S/c22-14-3-1-2-4-15(14)23-18(25)13-9-10-29-20(13)24-19(26)16-11-5-7-12(8-6-11)17(16)21(27)28/h1-4,9-12,16-17H,5-8H2,(H,23,25)(H,24,26)(H,27,28)/t11?,12?,16-,17+/m0/s1. The highest BCUT2D eigenvalue weighted by Gasteiger charge is 2.50. The monoisotopic (exact) mass is 416 g/mol. The SMILES string of the molecule is O=C(Nc1ccccc1F)c1ccsc1NC(=O)[C@H]1C2CCC(CC2)[C@H]1C(=O)O. The Balaban J connectivity index is 1.51. The average Bonchev–Trinajstić information content (AvgIpc) is 3.18. The number of para-hydroxylation sites is 1. The van der Waals surface area contributed by atoms with Crippen molar-refractivity contribution in [3.8, 4) is 0 Å². The van der Waals surface area contributed by atoms with Crippen molar-refractivity contribution in [3.05, 3.63) is 47.1 Å². The fourth-order valence-electron chi connectivity index (χ4n) is 4.71. The van der Waals surface area contributed by atoms with Gasteiger partial charge in [-0.2, -0.15) is 0 Å². The van der Waals surface area contributed by atoms with Crippen molar-refractivity contribution in [1.29, 1.82) is 0 Å². The Morgan fingerprint density at radius 1 is 0.966 bits per heavy atom. The first kappa shape index (κ1) is 19.6. The fourth-order valence-corrected chi connectivity index (χ4v) is 5.50. The molecule has 1 aromatic carbocycles. The van der Waals surface area contributed by atoms with Crippen molar-refractivity contribution in [2.24, 2.45) is 23.7 Å². The number of thiophene rings is 1. The number of hydrogen-bond donors (Lipinski definition) is 3. The number of halogens is 1. The van der Waals surface area contributed by atoms with Crippen LogP contribution < -0.4 is 10.6 Å². The highest BCUT2D eigenvalue weighted by molar-refractivity contribution is 7.14. The molecule has 2 bridgehead atoms. The molecule has 29 heavy (non-hydrogen) atoms. The minimum atomic E-state index is -0.928. The van der Waals surface area contributed by atoms with E-state index in [0.717, 1.165) is 25.7 Å². The summed E-state index contributed by atoms with van der Waals surface area (Å²) in [6.07, 6.45) is 3.41. The first-order chi connectivity index (χ1) is 14.0. The van der Waals surface area contributed by atoms with Gasteiger partial charge in [-0.05, 0) is 61.1 Å². The largest absolute Gasteiger partial charge is 0.481 e. The smallest absolute Gasteiger partial charge is 0.307 e. The second kappa shape index (κ2) is 7.94. The second-order valence-corrected chi connectivity index (χ2v) is 8.57. The van der Waals surface area contributed by atoms with Gasteiger partial charge in [0.25, 0.3) is 5.91 Å². The molecule has 3 fully saturated rings. The van der Waals surface area contributed by atoms with Crippen LogP contribution in [0.1, 0.15) is 36.0 Å². The number of carboxylic acid groups (broad SMARTS) is 1. The van der Waals surface area contributed by atoms with Gasteiger partial charge in [0.15, 0.2) is 0 Å². The van der Waals surface area contributed by atoms with Crippen molar-refractivity contribution < 1.29 is 23.9 Å². The lowest BCUT2D eigenvalue weighted by Gasteiger charge is -2.45. The third kappa shape index (κ3) is 3.76. The van der Waals surface area contributed by atoms with E-state index in [4.69, 9.17) is 0 Å². The van der Waals surface area contributed by atoms with E-state index in [9.17, 15) is 23.9 Å². The van der Waals surface area contributed by atoms with Crippen LogP contribution in [0.3, 0.4) is 0 Å². The molecule has 2 atom stereocenters. The van der Waals surface area contributed by atoms with Crippen molar-refractivity contribution in [2.75, 3.05) is 10.6 Å². The molecule has 0 radical (unpaired) electrons. The van der Waals surface area contributed by atoms with Crippen LogP contribution in [0.15, 0.2) is 35.7 Å². The minimum absolute atomic E-state index is 0.0282. The molecule has 8 heteroatoms. The second-order valence-electron chi connectivity index (χ2n) is 7.65. The first-order valence-electron chi connectivity index (χ1n) is 9.62. The van der Waals surface area contributed by atoms with Crippen LogP contribution in [0.5, 0.6) is 0 Å². The molecule has 3 aliphatic carbocycles. The molecule has 5 rings (SSSR count). The molecule has 0 saturated heterocycles. The Labute approximate surface area is 171 Å². The maximum atomic E-state index is 13.8. The predicted octanol–water partition coefficient (Wildman–Crippen LogP) is 4.22. The molecule has 2 amide bonds. The minimum Gasteiger partial charge on any atom is -0.481 e. The summed E-state index contributed by atoms with van der Waals surface area (Å²) in [5, 5.41) is 16.9. The number of anilines is 2. The summed E-state index contributed by atoms with van der Waals surface area (Å²) in [5.74, 6) is -3.56. The molecule has 152 valence electrons. The summed E-state index contributed by atoms with van der Waals surface area (Å²) in [4.78, 5) is 37.4. The van der Waals surface area contributed by atoms with E-state index in [1.54, 1.807) is 17.5 Å². The zero-order valence-electron chi connectivity index (χ0n) is 15.6. The molecule has 3 N–H and O–H groups in total. The zero-order valence-corrected chi connectivity index (χ0v) is 16.4. The number of carbonyl (C=O) groups excluding carboxylic acids is 2. The van der Waals surface area contributed by atoms with E-state index >= 15 is 0 Å². The van der Waals surface area contributed by atoms with Crippen LogP contribution in [0.25, 0.3) is 0 Å². The van der Waals surface area contributed by atoms with Crippen molar-refractivity contribution >= 4 is 39.8 Å².